The van der Waals surface area contributed by atoms with E-state index in [9.17, 15) is 0 Å². The van der Waals surface area contributed by atoms with Crippen molar-refractivity contribution in [3.8, 4) is 11.5 Å². The van der Waals surface area contributed by atoms with E-state index in [-0.39, 0.29) is 0 Å². The molecule has 1 aromatic heterocycles. The van der Waals surface area contributed by atoms with Gasteiger partial charge >= 0.3 is 0 Å². The number of fused-ring (bicyclic) bond motifs is 1. The molecule has 3 aromatic rings. The lowest BCUT2D eigenvalue weighted by Crippen LogP contribution is -3.13. The van der Waals surface area contributed by atoms with Gasteiger partial charge in [0.1, 0.15) is 30.7 Å². The number of quaternary nitrogens is 1. The van der Waals surface area contributed by atoms with E-state index in [0.717, 1.165) is 30.2 Å². The monoisotopic (exact) mass is 369 g/mol. The summed E-state index contributed by atoms with van der Waals surface area (Å²) in [6, 6.07) is 16.8. The predicted molar refractivity (Wildman–Crippen MR) is 105 cm³/mol. The second-order valence-electron chi connectivity index (χ2n) is 6.75. The zero-order valence-electron chi connectivity index (χ0n) is 15.1. The van der Waals surface area contributed by atoms with Crippen LogP contribution in [0.25, 0.3) is 10.2 Å². The molecule has 2 aromatic carbocycles. The van der Waals surface area contributed by atoms with E-state index in [2.05, 4.69) is 24.3 Å². The normalized spacial score (nSPS) is 20.2. The van der Waals surface area contributed by atoms with E-state index in [0.29, 0.717) is 6.04 Å². The molecular formula is C21H25N2O2S+. The van der Waals surface area contributed by atoms with Gasteiger partial charge in [0.15, 0.2) is 5.01 Å². The topological polar surface area (TPSA) is 35.8 Å². The Morgan fingerprint density at radius 3 is 2.69 bits per heavy atom. The van der Waals surface area contributed by atoms with E-state index in [1.807, 2.05) is 35.6 Å². The van der Waals surface area contributed by atoms with Gasteiger partial charge in [-0.1, -0.05) is 12.1 Å². The van der Waals surface area contributed by atoms with Crippen molar-refractivity contribution >= 4 is 21.6 Å². The molecule has 2 heterocycles. The van der Waals surface area contributed by atoms with E-state index >= 15 is 0 Å². The lowest BCUT2D eigenvalue weighted by molar-refractivity contribution is -0.937. The summed E-state index contributed by atoms with van der Waals surface area (Å²) in [4.78, 5) is 6.52. The summed E-state index contributed by atoms with van der Waals surface area (Å²) in [6.45, 7) is 2.93. The molecule has 1 aliphatic rings. The van der Waals surface area contributed by atoms with Gasteiger partial charge in [-0.25, -0.2) is 4.98 Å². The fourth-order valence-electron chi connectivity index (χ4n) is 3.69. The highest BCUT2D eigenvalue weighted by Gasteiger charge is 2.30. The highest BCUT2D eigenvalue weighted by molar-refractivity contribution is 7.18. The van der Waals surface area contributed by atoms with Crippen molar-refractivity contribution in [2.75, 3.05) is 26.8 Å². The number of nitrogens with one attached hydrogen (secondary N) is 1. The van der Waals surface area contributed by atoms with Crippen LogP contribution in [0.4, 0.5) is 0 Å². The molecule has 5 heteroatoms. The van der Waals surface area contributed by atoms with Crippen LogP contribution in [0.1, 0.15) is 30.3 Å². The maximum absolute atomic E-state index is 5.96. The number of methoxy groups -OCH3 is 1. The van der Waals surface area contributed by atoms with E-state index < -0.39 is 0 Å². The highest BCUT2D eigenvalue weighted by atomic mass is 32.1. The van der Waals surface area contributed by atoms with Crippen LogP contribution in [0.15, 0.2) is 48.5 Å². The number of rotatable bonds is 6. The van der Waals surface area contributed by atoms with Crippen LogP contribution in [-0.2, 0) is 0 Å². The minimum atomic E-state index is 0.501. The third-order valence-corrected chi connectivity index (χ3v) is 6.24. The number of likely N-dealkylation sites (tertiary alicyclic amines) is 1. The number of hydrogen-bond donors (Lipinski definition) is 1. The van der Waals surface area contributed by atoms with Crippen molar-refractivity contribution in [3.63, 3.8) is 0 Å². The van der Waals surface area contributed by atoms with Crippen molar-refractivity contribution in [2.24, 2.45) is 0 Å². The van der Waals surface area contributed by atoms with E-state index in [1.165, 1.54) is 35.5 Å². The largest absolute Gasteiger partial charge is 0.497 e. The van der Waals surface area contributed by atoms with Gasteiger partial charge in [-0.05, 0) is 49.2 Å². The summed E-state index contributed by atoms with van der Waals surface area (Å²) >= 11 is 1.85. The lowest BCUT2D eigenvalue weighted by Gasteiger charge is -2.31. The van der Waals surface area contributed by atoms with Crippen LogP contribution in [0, 0.1) is 0 Å². The van der Waals surface area contributed by atoms with Crippen molar-refractivity contribution in [1.29, 1.82) is 0 Å². The van der Waals surface area contributed by atoms with Gasteiger partial charge in [0, 0.05) is 6.42 Å². The molecule has 1 aliphatic heterocycles. The summed E-state index contributed by atoms with van der Waals surface area (Å²) < 4.78 is 12.4. The van der Waals surface area contributed by atoms with Crippen molar-refractivity contribution in [2.45, 2.75) is 25.3 Å². The second kappa shape index (κ2) is 8.06. The Bertz CT molecular complexity index is 814. The molecule has 1 unspecified atom stereocenters. The molecule has 26 heavy (non-hydrogen) atoms. The first-order valence-electron chi connectivity index (χ1n) is 9.30. The van der Waals surface area contributed by atoms with E-state index in [1.54, 1.807) is 12.0 Å². The first kappa shape index (κ1) is 17.3. The summed E-state index contributed by atoms with van der Waals surface area (Å²) in [5.74, 6) is 1.76. The number of benzene rings is 2. The standard InChI is InChI=1S/C21H24N2O2S/c1-24-16-9-11-17(12-10-16)25-15-14-23-13-5-4-7-19(23)21-22-18-6-2-3-8-20(18)26-21/h2-3,6,8-12,19H,4-5,7,13-15H2,1H3/p+1/t19-/m0/s1. The van der Waals surface area contributed by atoms with Crippen LogP contribution in [0.3, 0.4) is 0 Å². The van der Waals surface area contributed by atoms with Crippen molar-refractivity contribution in [3.05, 3.63) is 53.5 Å². The van der Waals surface area contributed by atoms with Gasteiger partial charge in [0.05, 0.1) is 23.9 Å². The average Bonchev–Trinajstić information content (AvgIpc) is 3.13. The second-order valence-corrected chi connectivity index (χ2v) is 7.81. The molecule has 2 atom stereocenters. The number of hydrogen-bond acceptors (Lipinski definition) is 4. The average molecular weight is 370 g/mol. The van der Waals surface area contributed by atoms with Crippen LogP contribution in [0.5, 0.6) is 11.5 Å². The number of piperidine rings is 1. The SMILES string of the molecule is COc1ccc(OCC[NH+]2CCCC[C@H]2c2nc3ccccc3s2)cc1. The first-order chi connectivity index (χ1) is 12.8. The smallest absolute Gasteiger partial charge is 0.151 e. The molecule has 0 saturated carbocycles. The fraction of sp³-hybridized carbons (Fsp3) is 0.381. The Hall–Kier alpha value is -2.11. The molecule has 1 saturated heterocycles. The van der Waals surface area contributed by atoms with Gasteiger partial charge in [-0.2, -0.15) is 0 Å². The summed E-state index contributed by atoms with van der Waals surface area (Å²) in [6.07, 6.45) is 3.81. The Morgan fingerprint density at radius 2 is 1.88 bits per heavy atom. The van der Waals surface area contributed by atoms with Crippen molar-refractivity contribution < 1.29 is 14.4 Å². The maximum atomic E-state index is 5.96. The van der Waals surface area contributed by atoms with Crippen LogP contribution in [0.2, 0.25) is 0 Å². The zero-order valence-corrected chi connectivity index (χ0v) is 15.9. The number of thiazole rings is 1. The summed E-state index contributed by atoms with van der Waals surface area (Å²) in [5.41, 5.74) is 1.13. The van der Waals surface area contributed by atoms with E-state index in [4.69, 9.17) is 14.5 Å². The molecule has 136 valence electrons. The van der Waals surface area contributed by atoms with Crippen LogP contribution >= 0.6 is 11.3 Å². The van der Waals surface area contributed by atoms with Crippen LogP contribution < -0.4 is 14.4 Å². The molecule has 1 N–H and O–H groups in total. The number of para-hydroxylation sites is 1. The molecule has 0 amide bonds. The van der Waals surface area contributed by atoms with Crippen LogP contribution in [-0.4, -0.2) is 31.8 Å². The molecule has 1 fully saturated rings. The Labute approximate surface area is 158 Å². The Morgan fingerprint density at radius 1 is 1.08 bits per heavy atom. The molecule has 4 nitrogen and oxygen atoms in total. The molecule has 0 bridgehead atoms. The molecule has 0 aliphatic carbocycles. The minimum absolute atomic E-state index is 0.501. The van der Waals surface area contributed by atoms with Gasteiger partial charge in [0.2, 0.25) is 0 Å². The van der Waals surface area contributed by atoms with Gasteiger partial charge in [-0.15, -0.1) is 11.3 Å². The third-order valence-electron chi connectivity index (χ3n) is 5.09. The summed E-state index contributed by atoms with van der Waals surface area (Å²) in [5, 5.41) is 1.28. The van der Waals surface area contributed by atoms with Crippen molar-refractivity contribution in [1.82, 2.24) is 4.98 Å². The minimum Gasteiger partial charge on any atom is -0.497 e. The van der Waals surface area contributed by atoms with Gasteiger partial charge in [0.25, 0.3) is 0 Å². The fourth-order valence-corrected chi connectivity index (χ4v) is 4.85. The zero-order chi connectivity index (χ0) is 17.8. The molecule has 0 radical (unpaired) electrons. The Kier molecular flexibility index (Phi) is 5.37. The summed E-state index contributed by atoms with van der Waals surface area (Å²) in [7, 11) is 1.68. The van der Waals surface area contributed by atoms with Gasteiger partial charge < -0.3 is 14.4 Å². The number of nitrogens with zero attached hydrogens (tertiary/aromatic N) is 1. The first-order valence-corrected chi connectivity index (χ1v) is 10.1. The lowest BCUT2D eigenvalue weighted by atomic mass is 10.0. The molecule has 0 spiro atoms. The quantitative estimate of drug-likeness (QED) is 0.722. The Balaban J connectivity index is 1.40. The predicted octanol–water partition coefficient (Wildman–Crippen LogP) is 3.49. The number of aromatic nitrogens is 1. The maximum Gasteiger partial charge on any atom is 0.151 e. The highest BCUT2D eigenvalue weighted by Crippen LogP contribution is 2.28. The third kappa shape index (κ3) is 3.84. The molecule has 4 rings (SSSR count). The van der Waals surface area contributed by atoms with Gasteiger partial charge in [-0.3, -0.25) is 0 Å². The number of ether oxygens (including phenoxy) is 2. The molecular weight excluding hydrogens is 344 g/mol.